The van der Waals surface area contributed by atoms with Gasteiger partial charge in [0.1, 0.15) is 6.04 Å². The highest BCUT2D eigenvalue weighted by atomic mass is 16.4. The third-order valence-corrected chi connectivity index (χ3v) is 4.78. The summed E-state index contributed by atoms with van der Waals surface area (Å²) in [6, 6.07) is 11.2. The minimum absolute atomic E-state index is 0.187. The number of carbonyl (C=O) groups is 3. The van der Waals surface area contributed by atoms with Crippen LogP contribution in [0.25, 0.3) is 0 Å². The van der Waals surface area contributed by atoms with E-state index in [1.54, 1.807) is 47.4 Å². The van der Waals surface area contributed by atoms with Crippen LogP contribution in [0.3, 0.4) is 0 Å². The lowest BCUT2D eigenvalue weighted by Gasteiger charge is -2.28. The van der Waals surface area contributed by atoms with E-state index in [0.717, 1.165) is 6.42 Å². The van der Waals surface area contributed by atoms with Crippen LogP contribution in [0.15, 0.2) is 42.5 Å². The van der Waals surface area contributed by atoms with Gasteiger partial charge in [0.15, 0.2) is 11.6 Å². The molecule has 120 valence electrons. The zero-order chi connectivity index (χ0) is 16.8. The molecule has 5 heteroatoms. The number of nitrogens with zero attached hydrogens (tertiary/aromatic N) is 1. The van der Waals surface area contributed by atoms with Gasteiger partial charge in [-0.2, -0.15) is 0 Å². The topological polar surface area (TPSA) is 74.7 Å². The molecule has 5 nitrogen and oxygen atoms in total. The van der Waals surface area contributed by atoms with Crippen LogP contribution in [0.2, 0.25) is 0 Å². The second kappa shape index (κ2) is 5.30. The number of benzene rings is 2. The maximum Gasteiger partial charge on any atom is 0.326 e. The van der Waals surface area contributed by atoms with E-state index in [9.17, 15) is 19.5 Å². The third kappa shape index (κ3) is 1.98. The molecule has 1 atom stereocenters. The smallest absolute Gasteiger partial charge is 0.326 e. The average Bonchev–Trinajstić information content (AvgIpc) is 3.09. The summed E-state index contributed by atoms with van der Waals surface area (Å²) in [4.78, 5) is 39.0. The molecule has 1 N–H and O–H groups in total. The molecular formula is C19H15NO4. The first kappa shape index (κ1) is 14.6. The first-order valence-electron chi connectivity index (χ1n) is 7.90. The fraction of sp³-hybridized carbons (Fsp3) is 0.211. The number of fused-ring (bicyclic) bond motifs is 2. The van der Waals surface area contributed by atoms with Crippen molar-refractivity contribution in [3.63, 3.8) is 0 Å². The fourth-order valence-corrected chi connectivity index (χ4v) is 3.68. The summed E-state index contributed by atoms with van der Waals surface area (Å²) in [6.45, 7) is 0.566. The molecule has 0 saturated carbocycles. The van der Waals surface area contributed by atoms with Gasteiger partial charge in [-0.05, 0) is 18.9 Å². The molecule has 4 rings (SSSR count). The van der Waals surface area contributed by atoms with Crippen molar-refractivity contribution in [2.75, 3.05) is 11.4 Å². The Labute approximate surface area is 138 Å². The van der Waals surface area contributed by atoms with Gasteiger partial charge in [0.05, 0.1) is 5.56 Å². The standard InChI is InChI=1S/C19H15NO4/c21-17-11-5-1-2-6-12(11)18(22)16-13(17)7-3-8-14(16)20-10-4-9-15(20)19(23)24/h1-3,5-8,15H,4,9-10H2,(H,23,24)/t15-/m0/s1. The number of hydrogen-bond acceptors (Lipinski definition) is 4. The van der Waals surface area contributed by atoms with Crippen molar-refractivity contribution in [2.24, 2.45) is 0 Å². The molecular weight excluding hydrogens is 306 g/mol. The largest absolute Gasteiger partial charge is 0.480 e. The number of carboxylic acid groups (broad SMARTS) is 1. The van der Waals surface area contributed by atoms with Gasteiger partial charge in [0, 0.05) is 28.9 Å². The van der Waals surface area contributed by atoms with Gasteiger partial charge >= 0.3 is 5.97 Å². The molecule has 0 amide bonds. The molecule has 1 aliphatic heterocycles. The summed E-state index contributed by atoms with van der Waals surface area (Å²) in [6.07, 6.45) is 1.29. The summed E-state index contributed by atoms with van der Waals surface area (Å²) >= 11 is 0. The van der Waals surface area contributed by atoms with Crippen LogP contribution in [-0.4, -0.2) is 35.2 Å². The van der Waals surface area contributed by atoms with Gasteiger partial charge < -0.3 is 10.0 Å². The molecule has 2 aromatic rings. The number of ketones is 2. The number of carboxylic acids is 1. The Hall–Kier alpha value is -2.95. The van der Waals surface area contributed by atoms with Crippen LogP contribution >= 0.6 is 0 Å². The van der Waals surface area contributed by atoms with E-state index in [2.05, 4.69) is 0 Å². The lowest BCUT2D eigenvalue weighted by atomic mass is 9.83. The molecule has 1 saturated heterocycles. The molecule has 0 aromatic heterocycles. The quantitative estimate of drug-likeness (QED) is 0.785. The number of rotatable bonds is 2. The molecule has 1 aliphatic carbocycles. The highest BCUT2D eigenvalue weighted by Crippen LogP contribution is 2.36. The van der Waals surface area contributed by atoms with Crippen molar-refractivity contribution < 1.29 is 19.5 Å². The van der Waals surface area contributed by atoms with Crippen LogP contribution in [0.4, 0.5) is 5.69 Å². The summed E-state index contributed by atoms with van der Waals surface area (Å²) < 4.78 is 0. The minimum Gasteiger partial charge on any atom is -0.480 e. The normalized spacial score (nSPS) is 19.2. The molecule has 2 aromatic carbocycles. The Kier molecular flexibility index (Phi) is 3.23. The van der Waals surface area contributed by atoms with Crippen LogP contribution in [0, 0.1) is 0 Å². The Morgan fingerprint density at radius 1 is 0.958 bits per heavy atom. The van der Waals surface area contributed by atoms with Crippen LogP contribution in [0.5, 0.6) is 0 Å². The van der Waals surface area contributed by atoms with E-state index in [0.29, 0.717) is 40.9 Å². The molecule has 2 aliphatic rings. The lowest BCUT2D eigenvalue weighted by molar-refractivity contribution is -0.138. The van der Waals surface area contributed by atoms with Crippen LogP contribution in [0.1, 0.15) is 44.7 Å². The number of aliphatic carboxylic acids is 1. The molecule has 1 heterocycles. The predicted octanol–water partition coefficient (Wildman–Crippen LogP) is 2.52. The van der Waals surface area contributed by atoms with Crippen LogP contribution < -0.4 is 4.90 Å². The van der Waals surface area contributed by atoms with Gasteiger partial charge in [-0.3, -0.25) is 9.59 Å². The zero-order valence-electron chi connectivity index (χ0n) is 12.9. The van der Waals surface area contributed by atoms with E-state index in [4.69, 9.17) is 0 Å². The SMILES string of the molecule is O=C1c2ccccc2C(=O)c2c1cccc2N1CCC[C@H]1C(=O)O. The van der Waals surface area contributed by atoms with Crippen molar-refractivity contribution in [3.05, 3.63) is 64.7 Å². The summed E-state index contributed by atoms with van der Waals surface area (Å²) in [5, 5.41) is 9.43. The predicted molar refractivity (Wildman–Crippen MR) is 87.8 cm³/mol. The summed E-state index contributed by atoms with van der Waals surface area (Å²) in [5.41, 5.74) is 2.02. The molecule has 0 bridgehead atoms. The highest BCUT2D eigenvalue weighted by molar-refractivity contribution is 6.30. The van der Waals surface area contributed by atoms with E-state index in [1.165, 1.54) is 0 Å². The van der Waals surface area contributed by atoms with Crippen molar-refractivity contribution in [1.82, 2.24) is 0 Å². The van der Waals surface area contributed by atoms with E-state index >= 15 is 0 Å². The van der Waals surface area contributed by atoms with E-state index in [1.807, 2.05) is 0 Å². The fourth-order valence-electron chi connectivity index (χ4n) is 3.68. The Morgan fingerprint density at radius 2 is 1.62 bits per heavy atom. The van der Waals surface area contributed by atoms with Gasteiger partial charge in [-0.15, -0.1) is 0 Å². The zero-order valence-corrected chi connectivity index (χ0v) is 12.9. The molecule has 1 fully saturated rings. The third-order valence-electron chi connectivity index (χ3n) is 4.78. The first-order chi connectivity index (χ1) is 11.6. The van der Waals surface area contributed by atoms with Gasteiger partial charge in [0.25, 0.3) is 0 Å². The molecule has 0 radical (unpaired) electrons. The Balaban J connectivity index is 1.90. The molecule has 24 heavy (non-hydrogen) atoms. The number of hydrogen-bond donors (Lipinski definition) is 1. The van der Waals surface area contributed by atoms with Gasteiger partial charge in [0.2, 0.25) is 0 Å². The first-order valence-corrected chi connectivity index (χ1v) is 7.90. The van der Waals surface area contributed by atoms with Crippen molar-refractivity contribution in [2.45, 2.75) is 18.9 Å². The van der Waals surface area contributed by atoms with E-state index < -0.39 is 12.0 Å². The second-order valence-electron chi connectivity index (χ2n) is 6.09. The van der Waals surface area contributed by atoms with Crippen LogP contribution in [-0.2, 0) is 4.79 Å². The van der Waals surface area contributed by atoms with Crippen molar-refractivity contribution in [1.29, 1.82) is 0 Å². The van der Waals surface area contributed by atoms with Crippen molar-refractivity contribution >= 4 is 23.2 Å². The van der Waals surface area contributed by atoms with Gasteiger partial charge in [-0.1, -0.05) is 36.4 Å². The number of anilines is 1. The maximum atomic E-state index is 13.0. The Morgan fingerprint density at radius 3 is 2.33 bits per heavy atom. The second-order valence-corrected chi connectivity index (χ2v) is 6.09. The summed E-state index contributed by atoms with van der Waals surface area (Å²) in [5.74, 6) is -1.31. The molecule has 0 unspecified atom stereocenters. The number of carbonyl (C=O) groups excluding carboxylic acids is 2. The summed E-state index contributed by atoms with van der Waals surface area (Å²) in [7, 11) is 0. The monoisotopic (exact) mass is 321 g/mol. The van der Waals surface area contributed by atoms with Gasteiger partial charge in [-0.25, -0.2) is 4.79 Å². The Bertz CT molecular complexity index is 887. The lowest BCUT2D eigenvalue weighted by Crippen LogP contribution is -2.37. The molecule has 0 spiro atoms. The highest BCUT2D eigenvalue weighted by Gasteiger charge is 2.37. The van der Waals surface area contributed by atoms with Crippen molar-refractivity contribution in [3.8, 4) is 0 Å². The minimum atomic E-state index is -0.903. The maximum absolute atomic E-state index is 13.0. The average molecular weight is 321 g/mol. The van der Waals surface area contributed by atoms with E-state index in [-0.39, 0.29) is 11.6 Å².